The molecule has 0 spiro atoms. The van der Waals surface area contributed by atoms with Gasteiger partial charge in [-0.15, -0.1) is 0 Å². The van der Waals surface area contributed by atoms with Gasteiger partial charge >= 0.3 is 0 Å². The Hall–Kier alpha value is -0.590. The Morgan fingerprint density at radius 1 is 1.35 bits per heavy atom. The van der Waals surface area contributed by atoms with Gasteiger partial charge in [-0.3, -0.25) is 4.79 Å². The average Bonchev–Trinajstić information content (AvgIpc) is 2.21. The second-order valence-corrected chi connectivity index (χ2v) is 7.81. The molecule has 2 rings (SSSR count). The summed E-state index contributed by atoms with van der Waals surface area (Å²) >= 11 is 8.96. The molecule has 0 unspecified atom stereocenters. The van der Waals surface area contributed by atoms with E-state index in [4.69, 9.17) is 11.6 Å². The van der Waals surface area contributed by atoms with Crippen LogP contribution in [0, 0.1) is 0 Å². The summed E-state index contributed by atoms with van der Waals surface area (Å²) in [5.74, 6) is -0.444. The molecule has 1 fully saturated rings. The Morgan fingerprint density at radius 3 is 2.41 bits per heavy atom. The topological polar surface area (TPSA) is 54.5 Å². The highest BCUT2D eigenvalue weighted by atomic mass is 79.9. The van der Waals surface area contributed by atoms with Crippen molar-refractivity contribution >= 4 is 49.1 Å². The first kappa shape index (κ1) is 12.9. The van der Waals surface area contributed by atoms with Crippen molar-refractivity contribution in [2.24, 2.45) is 0 Å². The van der Waals surface area contributed by atoms with Crippen LogP contribution in [0.25, 0.3) is 0 Å². The van der Waals surface area contributed by atoms with Crippen LogP contribution < -0.4 is 4.31 Å². The van der Waals surface area contributed by atoms with Gasteiger partial charge in [0.2, 0.25) is 0 Å². The summed E-state index contributed by atoms with van der Waals surface area (Å²) in [5, 5.41) is 0.463. The molecule has 0 bridgehead atoms. The highest BCUT2D eigenvalue weighted by molar-refractivity contribution is 9.10. The Bertz CT molecular complexity index is 612. The van der Waals surface area contributed by atoms with Crippen LogP contribution in [0.5, 0.6) is 0 Å². The van der Waals surface area contributed by atoms with Gasteiger partial charge in [-0.2, -0.15) is 0 Å². The summed E-state index contributed by atoms with van der Waals surface area (Å²) in [6.45, 7) is 2.79. The number of sulfonamides is 1. The third-order valence-corrected chi connectivity index (χ3v) is 5.89. The van der Waals surface area contributed by atoms with Crippen LogP contribution in [0.2, 0.25) is 5.02 Å². The van der Waals surface area contributed by atoms with Gasteiger partial charge in [0.15, 0.2) is 4.75 Å². The van der Waals surface area contributed by atoms with Gasteiger partial charge < -0.3 is 0 Å². The lowest BCUT2D eigenvalue weighted by Crippen LogP contribution is -2.67. The number of amides is 1. The van der Waals surface area contributed by atoms with Gasteiger partial charge in [0.05, 0.1) is 5.69 Å². The summed E-state index contributed by atoms with van der Waals surface area (Å²) in [5.41, 5.74) is 0.290. The predicted octanol–water partition coefficient (Wildman–Crippen LogP) is 2.56. The quantitative estimate of drug-likeness (QED) is 0.791. The fourth-order valence-corrected chi connectivity index (χ4v) is 4.02. The molecule has 1 aromatic carbocycles. The molecule has 4 nitrogen and oxygen atoms in total. The number of rotatable bonds is 1. The van der Waals surface area contributed by atoms with Crippen LogP contribution in [-0.2, 0) is 14.8 Å². The second-order valence-electron chi connectivity index (χ2n) is 4.18. The molecule has 0 N–H and O–H groups in total. The molecular weight excluding hydrogens is 330 g/mol. The highest BCUT2D eigenvalue weighted by Gasteiger charge is 2.61. The molecule has 0 aliphatic carbocycles. The number of anilines is 1. The summed E-state index contributed by atoms with van der Waals surface area (Å²) < 4.78 is 23.9. The number of hydrogen-bond acceptors (Lipinski definition) is 3. The van der Waals surface area contributed by atoms with Crippen molar-refractivity contribution in [2.45, 2.75) is 18.6 Å². The highest BCUT2D eigenvalue weighted by Crippen LogP contribution is 2.42. The van der Waals surface area contributed by atoms with E-state index < -0.39 is 20.7 Å². The molecular formula is C10H9BrClNO3S. The van der Waals surface area contributed by atoms with E-state index in [1.165, 1.54) is 26.0 Å². The average molecular weight is 339 g/mol. The molecule has 0 saturated carbocycles. The summed E-state index contributed by atoms with van der Waals surface area (Å²) in [6, 6.07) is 4.58. The first-order chi connectivity index (χ1) is 7.69. The maximum atomic E-state index is 12.0. The van der Waals surface area contributed by atoms with Gasteiger partial charge in [-0.05, 0) is 48.0 Å². The fraction of sp³-hybridized carbons (Fsp3) is 0.300. The van der Waals surface area contributed by atoms with Gasteiger partial charge in [-0.25, -0.2) is 12.7 Å². The van der Waals surface area contributed by atoms with Crippen molar-refractivity contribution in [2.75, 3.05) is 4.31 Å². The standard InChI is InChI=1S/C10H9BrClNO3S/c1-10(2)9(14)13(17(10,15)16)8-4-3-6(12)5-7(8)11/h3-5H,1-2H3. The number of hydrogen-bond donors (Lipinski definition) is 0. The van der Waals surface area contributed by atoms with Crippen molar-refractivity contribution in [3.8, 4) is 0 Å². The van der Waals surface area contributed by atoms with E-state index in [0.29, 0.717) is 15.2 Å². The van der Waals surface area contributed by atoms with Crippen molar-refractivity contribution in [3.05, 3.63) is 27.7 Å². The minimum atomic E-state index is -3.63. The predicted molar refractivity (Wildman–Crippen MR) is 69.6 cm³/mol. The molecule has 1 saturated heterocycles. The van der Waals surface area contributed by atoms with Crippen LogP contribution in [0.15, 0.2) is 22.7 Å². The van der Waals surface area contributed by atoms with E-state index >= 15 is 0 Å². The zero-order valence-corrected chi connectivity index (χ0v) is 12.2. The van der Waals surface area contributed by atoms with Gasteiger partial charge in [0.25, 0.3) is 15.9 Å². The first-order valence-corrected chi connectivity index (χ1v) is 7.35. The van der Waals surface area contributed by atoms with Crippen molar-refractivity contribution in [1.29, 1.82) is 0 Å². The van der Waals surface area contributed by atoms with Crippen LogP contribution in [0.3, 0.4) is 0 Å². The maximum absolute atomic E-state index is 12.0. The molecule has 0 aromatic heterocycles. The van der Waals surface area contributed by atoms with Gasteiger partial charge in [-0.1, -0.05) is 11.6 Å². The Morgan fingerprint density at radius 2 is 1.94 bits per heavy atom. The second kappa shape index (κ2) is 3.70. The maximum Gasteiger partial charge on any atom is 0.263 e. The molecule has 1 aromatic rings. The monoisotopic (exact) mass is 337 g/mol. The number of nitrogens with zero attached hydrogens (tertiary/aromatic N) is 1. The van der Waals surface area contributed by atoms with E-state index in [1.54, 1.807) is 6.07 Å². The van der Waals surface area contributed by atoms with Crippen LogP contribution in [-0.4, -0.2) is 19.1 Å². The lowest BCUT2D eigenvalue weighted by molar-refractivity contribution is -0.120. The molecule has 1 aliphatic rings. The van der Waals surface area contributed by atoms with Gasteiger partial charge in [0.1, 0.15) is 0 Å². The van der Waals surface area contributed by atoms with E-state index in [2.05, 4.69) is 15.9 Å². The minimum absolute atomic E-state index is 0.290. The molecule has 1 amide bonds. The van der Waals surface area contributed by atoms with Crippen molar-refractivity contribution in [3.63, 3.8) is 0 Å². The summed E-state index contributed by atoms with van der Waals surface area (Å²) in [4.78, 5) is 11.8. The SMILES string of the molecule is CC1(C)C(=O)N(c2ccc(Cl)cc2Br)S1(=O)=O. The Balaban J connectivity index is 2.55. The molecule has 7 heteroatoms. The lowest BCUT2D eigenvalue weighted by Gasteiger charge is -2.43. The number of benzene rings is 1. The first-order valence-electron chi connectivity index (χ1n) is 4.74. The fourth-order valence-electron chi connectivity index (χ4n) is 1.54. The number of carbonyl (C=O) groups excluding carboxylic acids is 1. The zero-order chi connectivity index (χ0) is 13.0. The molecule has 1 heterocycles. The Labute approximate surface area is 113 Å². The smallest absolute Gasteiger partial charge is 0.263 e. The van der Waals surface area contributed by atoms with Crippen molar-refractivity contribution < 1.29 is 13.2 Å². The normalized spacial score (nSPS) is 21.2. The van der Waals surface area contributed by atoms with Crippen LogP contribution in [0.4, 0.5) is 5.69 Å². The third kappa shape index (κ3) is 1.62. The van der Waals surface area contributed by atoms with E-state index in [1.807, 2.05) is 0 Å². The molecule has 0 radical (unpaired) electrons. The largest absolute Gasteiger partial charge is 0.272 e. The zero-order valence-electron chi connectivity index (χ0n) is 9.07. The van der Waals surface area contributed by atoms with Crippen LogP contribution >= 0.6 is 27.5 Å². The van der Waals surface area contributed by atoms with Crippen LogP contribution in [0.1, 0.15) is 13.8 Å². The minimum Gasteiger partial charge on any atom is -0.272 e. The van der Waals surface area contributed by atoms with Crippen molar-refractivity contribution in [1.82, 2.24) is 0 Å². The Kier molecular flexibility index (Phi) is 2.80. The van der Waals surface area contributed by atoms with E-state index in [-0.39, 0.29) is 0 Å². The molecule has 0 atom stereocenters. The van der Waals surface area contributed by atoms with E-state index in [9.17, 15) is 13.2 Å². The van der Waals surface area contributed by atoms with E-state index in [0.717, 1.165) is 4.31 Å². The molecule has 1 aliphatic heterocycles. The summed E-state index contributed by atoms with van der Waals surface area (Å²) in [7, 11) is -3.63. The number of carbonyl (C=O) groups is 1. The lowest BCUT2D eigenvalue weighted by atomic mass is 10.1. The number of halogens is 2. The summed E-state index contributed by atoms with van der Waals surface area (Å²) in [6.07, 6.45) is 0. The van der Waals surface area contributed by atoms with Gasteiger partial charge in [0, 0.05) is 9.50 Å². The molecule has 92 valence electrons. The third-order valence-electron chi connectivity index (χ3n) is 2.71. The molecule has 17 heavy (non-hydrogen) atoms.